The van der Waals surface area contributed by atoms with Crippen molar-refractivity contribution in [3.8, 4) is 0 Å². The molecule has 42 heavy (non-hydrogen) atoms. The van der Waals surface area contributed by atoms with Crippen molar-refractivity contribution in [1.82, 2.24) is 10.3 Å². The number of halogens is 2. The van der Waals surface area contributed by atoms with E-state index in [1.807, 2.05) is 12.1 Å². The molecule has 2 amide bonds. The fourth-order valence-electron chi connectivity index (χ4n) is 5.42. The van der Waals surface area contributed by atoms with Crippen molar-refractivity contribution >= 4 is 60.4 Å². The van der Waals surface area contributed by atoms with Gasteiger partial charge in [-0.3, -0.25) is 14.4 Å². The van der Waals surface area contributed by atoms with Gasteiger partial charge in [0.1, 0.15) is 5.82 Å². The van der Waals surface area contributed by atoms with Gasteiger partial charge < -0.3 is 15.7 Å². The van der Waals surface area contributed by atoms with Crippen LogP contribution >= 0.6 is 27.3 Å². The molecule has 10 heteroatoms. The number of nitrogens with one attached hydrogen (secondary N) is 2. The van der Waals surface area contributed by atoms with Gasteiger partial charge in [-0.25, -0.2) is 9.37 Å². The van der Waals surface area contributed by atoms with Crippen molar-refractivity contribution in [3.05, 3.63) is 93.2 Å². The molecule has 0 spiro atoms. The highest BCUT2D eigenvalue weighted by atomic mass is 79.9. The van der Waals surface area contributed by atoms with E-state index in [4.69, 9.17) is 5.11 Å². The lowest BCUT2D eigenvalue weighted by molar-refractivity contribution is -0.136. The van der Waals surface area contributed by atoms with E-state index < -0.39 is 17.7 Å². The van der Waals surface area contributed by atoms with Crippen molar-refractivity contribution in [2.75, 3.05) is 11.9 Å². The Hall–Kier alpha value is -3.63. The molecule has 4 aromatic rings. The molecule has 7 nitrogen and oxygen atoms in total. The van der Waals surface area contributed by atoms with E-state index in [9.17, 15) is 18.8 Å². The van der Waals surface area contributed by atoms with Crippen LogP contribution in [0.1, 0.15) is 77.4 Å². The molecule has 1 aliphatic rings. The first kappa shape index (κ1) is 29.8. The van der Waals surface area contributed by atoms with Crippen LogP contribution in [0.3, 0.4) is 0 Å². The molecule has 0 bridgehead atoms. The third-order valence-corrected chi connectivity index (χ3v) is 9.10. The first-order valence-electron chi connectivity index (χ1n) is 14.0. The van der Waals surface area contributed by atoms with Gasteiger partial charge in [0.2, 0.25) is 5.91 Å². The highest BCUT2D eigenvalue weighted by Crippen LogP contribution is 2.35. The summed E-state index contributed by atoms with van der Waals surface area (Å²) in [4.78, 5) is 41.2. The Morgan fingerprint density at radius 1 is 1.02 bits per heavy atom. The number of rotatable bonds is 10. The van der Waals surface area contributed by atoms with Gasteiger partial charge >= 0.3 is 5.97 Å². The third-order valence-electron chi connectivity index (χ3n) is 7.65. The second kappa shape index (κ2) is 13.6. The number of carboxylic acids is 1. The predicted octanol–water partition coefficient (Wildman–Crippen LogP) is 7.42. The van der Waals surface area contributed by atoms with Crippen LogP contribution < -0.4 is 10.6 Å². The number of benzene rings is 3. The molecule has 1 heterocycles. The quantitative estimate of drug-likeness (QED) is 0.165. The molecular formula is C32H31BrFN3O4S. The average molecular weight is 653 g/mol. The zero-order valence-corrected chi connectivity index (χ0v) is 25.3. The number of aliphatic carboxylic acids is 1. The number of carbonyl (C=O) groups is 3. The minimum atomic E-state index is -0.981. The van der Waals surface area contributed by atoms with E-state index >= 15 is 0 Å². The topological polar surface area (TPSA) is 108 Å². The normalized spacial score (nSPS) is 14.4. The number of aromatic nitrogens is 1. The van der Waals surface area contributed by atoms with Crippen LogP contribution in [0.2, 0.25) is 0 Å². The first-order valence-corrected chi connectivity index (χ1v) is 15.6. The Balaban J connectivity index is 1.36. The third kappa shape index (κ3) is 7.41. The molecule has 1 aromatic heterocycles. The highest BCUT2D eigenvalue weighted by Gasteiger charge is 2.24. The summed E-state index contributed by atoms with van der Waals surface area (Å²) in [5.41, 5.74) is 3.88. The summed E-state index contributed by atoms with van der Waals surface area (Å²) in [5.74, 6) is -2.00. The number of thiazole rings is 1. The van der Waals surface area contributed by atoms with Crippen molar-refractivity contribution < 1.29 is 23.9 Å². The summed E-state index contributed by atoms with van der Waals surface area (Å²) in [6.07, 6.45) is 6.35. The lowest BCUT2D eigenvalue weighted by Gasteiger charge is -2.23. The molecule has 1 atom stereocenters. The summed E-state index contributed by atoms with van der Waals surface area (Å²) < 4.78 is 15.4. The zero-order chi connectivity index (χ0) is 29.6. The van der Waals surface area contributed by atoms with Crippen LogP contribution in [-0.4, -0.2) is 34.4 Å². The van der Waals surface area contributed by atoms with Gasteiger partial charge in [-0.05, 0) is 66.1 Å². The van der Waals surface area contributed by atoms with Gasteiger partial charge in [0.25, 0.3) is 5.91 Å². The number of anilines is 1. The summed E-state index contributed by atoms with van der Waals surface area (Å²) in [7, 11) is 0. The molecule has 218 valence electrons. The number of amides is 2. The van der Waals surface area contributed by atoms with E-state index in [0.717, 1.165) is 22.5 Å². The first-order chi connectivity index (χ1) is 20.3. The summed E-state index contributed by atoms with van der Waals surface area (Å²) >= 11 is 4.38. The Labute approximate surface area is 255 Å². The maximum Gasteiger partial charge on any atom is 0.305 e. The SMILES string of the molecule is O=C(O)CCNC(=O)c1ccc(CC(C(=O)Nc2nc3cc(Br)cc(F)c3s2)c2ccc(C3CCCCC3)cc2)cc1. The molecule has 3 N–H and O–H groups in total. The van der Waals surface area contributed by atoms with Crippen LogP contribution in [0.25, 0.3) is 10.2 Å². The second-order valence-electron chi connectivity index (χ2n) is 10.6. The second-order valence-corrected chi connectivity index (χ2v) is 12.5. The lowest BCUT2D eigenvalue weighted by atomic mass is 9.83. The summed E-state index contributed by atoms with van der Waals surface area (Å²) in [5, 5.41) is 14.6. The van der Waals surface area contributed by atoms with E-state index in [-0.39, 0.29) is 24.8 Å². The molecule has 1 aliphatic carbocycles. The van der Waals surface area contributed by atoms with Gasteiger partial charge in [-0.15, -0.1) is 0 Å². The number of hydrogen-bond donors (Lipinski definition) is 3. The van der Waals surface area contributed by atoms with Crippen molar-refractivity contribution in [2.45, 2.75) is 56.8 Å². The molecule has 1 fully saturated rings. The van der Waals surface area contributed by atoms with Crippen molar-refractivity contribution in [2.24, 2.45) is 0 Å². The molecule has 0 aliphatic heterocycles. The molecule has 3 aromatic carbocycles. The highest BCUT2D eigenvalue weighted by molar-refractivity contribution is 9.10. The predicted molar refractivity (Wildman–Crippen MR) is 166 cm³/mol. The Bertz CT molecular complexity index is 1580. The maximum absolute atomic E-state index is 14.5. The lowest BCUT2D eigenvalue weighted by Crippen LogP contribution is -2.26. The summed E-state index contributed by atoms with van der Waals surface area (Å²) in [6.45, 7) is 0.0433. The molecule has 0 saturated heterocycles. The Kier molecular flexibility index (Phi) is 9.64. The average Bonchev–Trinajstić information content (AvgIpc) is 3.39. The van der Waals surface area contributed by atoms with Crippen molar-refractivity contribution in [3.63, 3.8) is 0 Å². The van der Waals surface area contributed by atoms with Crippen LogP contribution in [0.4, 0.5) is 9.52 Å². The monoisotopic (exact) mass is 651 g/mol. The molecule has 5 rings (SSSR count). The van der Waals surface area contributed by atoms with Gasteiger partial charge in [-0.2, -0.15) is 0 Å². The maximum atomic E-state index is 14.5. The smallest absolute Gasteiger partial charge is 0.305 e. The zero-order valence-electron chi connectivity index (χ0n) is 22.9. The van der Waals surface area contributed by atoms with E-state index in [1.54, 1.807) is 30.3 Å². The minimum Gasteiger partial charge on any atom is -0.481 e. The van der Waals surface area contributed by atoms with Gasteiger partial charge in [-0.1, -0.05) is 82.9 Å². The number of hydrogen-bond acceptors (Lipinski definition) is 5. The number of nitrogens with zero attached hydrogens (tertiary/aromatic N) is 1. The fourth-order valence-corrected chi connectivity index (χ4v) is 6.69. The van der Waals surface area contributed by atoms with Crippen LogP contribution in [0, 0.1) is 5.82 Å². The van der Waals surface area contributed by atoms with Gasteiger partial charge in [0.15, 0.2) is 5.13 Å². The van der Waals surface area contributed by atoms with Crippen LogP contribution in [-0.2, 0) is 16.0 Å². The molecule has 0 radical (unpaired) electrons. The Morgan fingerprint density at radius 3 is 2.43 bits per heavy atom. The number of carbonyl (C=O) groups excluding carboxylic acids is 2. The standard InChI is InChI=1S/C32H31BrFN3O4S/c33-24-17-26(34)29-27(18-24)36-32(42-29)37-31(41)25(22-12-10-21(11-13-22)20-4-2-1-3-5-20)16-19-6-8-23(9-7-19)30(40)35-15-14-28(38)39/h6-13,17-18,20,25H,1-5,14-16H2,(H,35,40)(H,38,39)(H,36,37,41). The van der Waals surface area contributed by atoms with Crippen LogP contribution in [0.15, 0.2) is 65.1 Å². The summed E-state index contributed by atoms with van der Waals surface area (Å²) in [6, 6.07) is 18.3. The van der Waals surface area contributed by atoms with Crippen molar-refractivity contribution in [1.29, 1.82) is 0 Å². The van der Waals surface area contributed by atoms with Crippen LogP contribution in [0.5, 0.6) is 0 Å². The van der Waals surface area contributed by atoms with E-state index in [0.29, 0.717) is 37.7 Å². The van der Waals surface area contributed by atoms with Gasteiger partial charge in [0.05, 0.1) is 22.6 Å². The fraction of sp³-hybridized carbons (Fsp3) is 0.312. The Morgan fingerprint density at radius 2 is 1.74 bits per heavy atom. The molecule has 1 unspecified atom stereocenters. The van der Waals surface area contributed by atoms with Gasteiger partial charge in [0, 0.05) is 16.6 Å². The molecular weight excluding hydrogens is 621 g/mol. The number of carboxylic acid groups (broad SMARTS) is 1. The minimum absolute atomic E-state index is 0.0433. The largest absolute Gasteiger partial charge is 0.481 e. The number of fused-ring (bicyclic) bond motifs is 1. The van der Waals surface area contributed by atoms with E-state index in [2.05, 4.69) is 43.7 Å². The van der Waals surface area contributed by atoms with E-state index in [1.165, 1.54) is 43.7 Å². The molecule has 1 saturated carbocycles.